The van der Waals surface area contributed by atoms with Gasteiger partial charge in [0.15, 0.2) is 0 Å². The molecule has 2 heterocycles. The Bertz CT molecular complexity index is 1510. The lowest BCUT2D eigenvalue weighted by Gasteiger charge is -2.36. The van der Waals surface area contributed by atoms with Gasteiger partial charge in [-0.2, -0.15) is 0 Å². The number of fused-ring (bicyclic) bond motifs is 1. The molecule has 2 aromatic carbocycles. The van der Waals surface area contributed by atoms with Crippen LogP contribution in [0.3, 0.4) is 0 Å². The van der Waals surface area contributed by atoms with E-state index in [1.165, 1.54) is 4.90 Å². The van der Waals surface area contributed by atoms with Crippen LogP contribution in [-0.4, -0.2) is 53.6 Å². The summed E-state index contributed by atoms with van der Waals surface area (Å²) in [5.41, 5.74) is 4.62. The maximum absolute atomic E-state index is 13.9. The van der Waals surface area contributed by atoms with Gasteiger partial charge in [-0.25, -0.2) is 0 Å². The SMILES string of the molecule is CC/C(=C\c1ccc(CO)o1)CC[C@@H](O)C1=C(COC)C[C@H]2C(=O)N(c3ccc(Nc4ccccc4)cc3)C(=O)[C@H]2[C@H]1CO. The van der Waals surface area contributed by atoms with E-state index in [1.807, 2.05) is 55.5 Å². The number of aliphatic hydroxyl groups excluding tert-OH is 3. The minimum atomic E-state index is -0.932. The molecule has 3 aromatic rings. The minimum Gasteiger partial charge on any atom is -0.459 e. The number of anilines is 3. The van der Waals surface area contributed by atoms with Crippen LogP contribution in [0.4, 0.5) is 17.1 Å². The number of amides is 2. The molecule has 5 rings (SSSR count). The summed E-state index contributed by atoms with van der Waals surface area (Å²) in [6.07, 6.45) is 2.92. The first-order valence-corrected chi connectivity index (χ1v) is 15.1. The van der Waals surface area contributed by atoms with Crippen LogP contribution in [-0.2, 0) is 20.9 Å². The lowest BCUT2D eigenvalue weighted by atomic mass is 9.68. The van der Waals surface area contributed by atoms with Gasteiger partial charge >= 0.3 is 0 Å². The van der Waals surface area contributed by atoms with Crippen molar-refractivity contribution in [1.82, 2.24) is 0 Å². The van der Waals surface area contributed by atoms with Gasteiger partial charge in [0.25, 0.3) is 0 Å². The molecule has 2 amide bonds. The Balaban J connectivity index is 1.35. The Morgan fingerprint density at radius 2 is 1.77 bits per heavy atom. The van der Waals surface area contributed by atoms with Crippen LogP contribution in [0.2, 0.25) is 0 Å². The summed E-state index contributed by atoms with van der Waals surface area (Å²) in [6.45, 7) is 1.66. The molecule has 0 saturated carbocycles. The Kier molecular flexibility index (Phi) is 10.1. The van der Waals surface area contributed by atoms with E-state index < -0.39 is 23.9 Å². The summed E-state index contributed by atoms with van der Waals surface area (Å²) in [4.78, 5) is 28.8. The predicted molar refractivity (Wildman–Crippen MR) is 168 cm³/mol. The van der Waals surface area contributed by atoms with Crippen molar-refractivity contribution in [3.05, 3.63) is 95.0 Å². The number of nitrogens with one attached hydrogen (secondary N) is 1. The van der Waals surface area contributed by atoms with Gasteiger partial charge in [-0.05, 0) is 91.4 Å². The molecule has 1 fully saturated rings. The van der Waals surface area contributed by atoms with Gasteiger partial charge in [0.2, 0.25) is 11.8 Å². The average Bonchev–Trinajstić information content (AvgIpc) is 3.60. The van der Waals surface area contributed by atoms with E-state index in [-0.39, 0.29) is 38.1 Å². The molecule has 232 valence electrons. The van der Waals surface area contributed by atoms with E-state index in [4.69, 9.17) is 9.15 Å². The zero-order valence-corrected chi connectivity index (χ0v) is 25.1. The van der Waals surface area contributed by atoms with Gasteiger partial charge in [0.05, 0.1) is 36.8 Å². The van der Waals surface area contributed by atoms with E-state index in [2.05, 4.69) is 5.32 Å². The van der Waals surface area contributed by atoms with Crippen LogP contribution in [0, 0.1) is 17.8 Å². The van der Waals surface area contributed by atoms with Gasteiger partial charge in [-0.15, -0.1) is 0 Å². The number of carbonyl (C=O) groups excluding carboxylic acids is 2. The summed E-state index contributed by atoms with van der Waals surface area (Å²) in [7, 11) is 1.55. The molecule has 44 heavy (non-hydrogen) atoms. The Labute approximate surface area is 257 Å². The monoisotopic (exact) mass is 600 g/mol. The summed E-state index contributed by atoms with van der Waals surface area (Å²) in [5.74, 6) is -1.69. The summed E-state index contributed by atoms with van der Waals surface area (Å²) in [6, 6.07) is 20.3. The zero-order chi connectivity index (χ0) is 31.2. The molecule has 0 bridgehead atoms. The van der Waals surface area contributed by atoms with E-state index in [0.717, 1.165) is 28.9 Å². The maximum atomic E-state index is 13.9. The highest BCUT2D eigenvalue weighted by Gasteiger charge is 2.55. The molecule has 1 saturated heterocycles. The van der Waals surface area contributed by atoms with Gasteiger partial charge in [-0.1, -0.05) is 30.7 Å². The molecular weight excluding hydrogens is 560 g/mol. The maximum Gasteiger partial charge on any atom is 0.238 e. The first kappa shape index (κ1) is 31.4. The van der Waals surface area contributed by atoms with Crippen LogP contribution in [0.1, 0.15) is 44.1 Å². The summed E-state index contributed by atoms with van der Waals surface area (Å²) < 4.78 is 11.1. The molecule has 0 spiro atoms. The number of carbonyl (C=O) groups is 2. The van der Waals surface area contributed by atoms with Crippen molar-refractivity contribution in [2.45, 2.75) is 45.3 Å². The van der Waals surface area contributed by atoms with E-state index in [0.29, 0.717) is 35.6 Å². The third-order valence-electron chi connectivity index (χ3n) is 8.62. The number of benzene rings is 2. The standard InChI is InChI=1S/C35H40N2O7/c1-3-22(17-27-14-15-28(19-38)44-27)9-16-31(40)32-23(21-43-2)18-29-33(30(32)20-39)35(42)37(34(29)41)26-12-10-25(11-13-26)36-24-7-5-4-6-8-24/h4-8,10-15,17,29-31,33,36,38-40H,3,9,16,18-21H2,1-2H3/b22-17+/t29-,30+,31-,33-/m1/s1. The van der Waals surface area contributed by atoms with Crippen LogP contribution in [0.15, 0.2) is 87.9 Å². The second kappa shape index (κ2) is 14.2. The van der Waals surface area contributed by atoms with Crippen LogP contribution in [0.25, 0.3) is 6.08 Å². The number of ether oxygens (including phenoxy) is 1. The van der Waals surface area contributed by atoms with Crippen LogP contribution >= 0.6 is 0 Å². The Morgan fingerprint density at radius 1 is 1.05 bits per heavy atom. The number of allylic oxidation sites excluding steroid dienone is 1. The van der Waals surface area contributed by atoms with Gasteiger partial charge in [0, 0.05) is 24.4 Å². The first-order valence-electron chi connectivity index (χ1n) is 15.1. The van der Waals surface area contributed by atoms with E-state index in [1.54, 1.807) is 31.4 Å². The van der Waals surface area contributed by atoms with Gasteiger partial charge in [-0.3, -0.25) is 14.5 Å². The van der Waals surface area contributed by atoms with Crippen molar-refractivity contribution in [3.8, 4) is 0 Å². The van der Waals surface area contributed by atoms with Gasteiger partial charge in [0.1, 0.15) is 18.1 Å². The van der Waals surface area contributed by atoms with Crippen molar-refractivity contribution in [1.29, 1.82) is 0 Å². The lowest BCUT2D eigenvalue weighted by molar-refractivity contribution is -0.123. The molecule has 4 atom stereocenters. The predicted octanol–water partition coefficient (Wildman–Crippen LogP) is 5.21. The Hall–Kier alpha value is -4.02. The van der Waals surface area contributed by atoms with Crippen LogP contribution in [0.5, 0.6) is 0 Å². The second-order valence-corrected chi connectivity index (χ2v) is 11.3. The average molecular weight is 601 g/mol. The molecule has 1 aliphatic carbocycles. The van der Waals surface area contributed by atoms with Crippen molar-refractivity contribution < 1.29 is 34.1 Å². The number of hydrogen-bond acceptors (Lipinski definition) is 8. The van der Waals surface area contributed by atoms with Crippen molar-refractivity contribution in [2.24, 2.45) is 17.8 Å². The highest BCUT2D eigenvalue weighted by molar-refractivity contribution is 6.22. The van der Waals surface area contributed by atoms with Crippen LogP contribution < -0.4 is 10.2 Å². The smallest absolute Gasteiger partial charge is 0.238 e. The molecule has 0 unspecified atom stereocenters. The minimum absolute atomic E-state index is 0.176. The number of para-hydroxylation sites is 1. The second-order valence-electron chi connectivity index (χ2n) is 11.3. The first-order chi connectivity index (χ1) is 21.4. The number of imide groups is 1. The zero-order valence-electron chi connectivity index (χ0n) is 25.1. The Morgan fingerprint density at radius 3 is 2.41 bits per heavy atom. The van der Waals surface area contributed by atoms with E-state index >= 15 is 0 Å². The fourth-order valence-electron chi connectivity index (χ4n) is 6.49. The number of hydrogen-bond donors (Lipinski definition) is 4. The fraction of sp³-hybridized carbons (Fsp3) is 0.371. The van der Waals surface area contributed by atoms with Crippen molar-refractivity contribution >= 4 is 35.0 Å². The summed E-state index contributed by atoms with van der Waals surface area (Å²) in [5, 5.41) is 34.7. The molecule has 0 radical (unpaired) electrons. The van der Waals surface area contributed by atoms with E-state index in [9.17, 15) is 24.9 Å². The topological polar surface area (TPSA) is 132 Å². The normalized spacial score (nSPS) is 21.2. The number of methoxy groups -OCH3 is 1. The van der Waals surface area contributed by atoms with Crippen molar-refractivity contribution in [2.75, 3.05) is 30.5 Å². The molecule has 9 nitrogen and oxygen atoms in total. The summed E-state index contributed by atoms with van der Waals surface area (Å²) >= 11 is 0. The number of nitrogens with zero attached hydrogens (tertiary/aromatic N) is 1. The quantitative estimate of drug-likeness (QED) is 0.155. The molecule has 1 aromatic heterocycles. The van der Waals surface area contributed by atoms with Crippen molar-refractivity contribution in [3.63, 3.8) is 0 Å². The lowest BCUT2D eigenvalue weighted by Crippen LogP contribution is -2.39. The number of aliphatic hydroxyl groups is 3. The third kappa shape index (κ3) is 6.56. The molecular formula is C35H40N2O7. The molecule has 9 heteroatoms. The fourth-order valence-corrected chi connectivity index (χ4v) is 6.49. The molecule has 4 N–H and O–H groups in total. The van der Waals surface area contributed by atoms with Gasteiger partial charge < -0.3 is 29.8 Å². The largest absolute Gasteiger partial charge is 0.459 e. The molecule has 2 aliphatic rings. The number of rotatable bonds is 13. The number of furan rings is 1. The highest BCUT2D eigenvalue weighted by atomic mass is 16.5. The third-order valence-corrected chi connectivity index (χ3v) is 8.62. The highest BCUT2D eigenvalue weighted by Crippen LogP contribution is 2.47. The molecule has 1 aliphatic heterocycles.